The summed E-state index contributed by atoms with van der Waals surface area (Å²) in [6, 6.07) is 5.44. The van der Waals surface area contributed by atoms with Crippen molar-refractivity contribution in [3.05, 3.63) is 23.8 Å². The number of carbonyl (C=O) groups is 1. The molecule has 0 radical (unpaired) electrons. The maximum Gasteiger partial charge on any atom is 0.253 e. The van der Waals surface area contributed by atoms with Gasteiger partial charge in [0, 0.05) is 17.8 Å². The van der Waals surface area contributed by atoms with Crippen molar-refractivity contribution in [3.63, 3.8) is 0 Å². The fraction of sp³-hybridized carbons (Fsp3) is 0.462. The summed E-state index contributed by atoms with van der Waals surface area (Å²) in [4.78, 5) is 12.0. The average molecular weight is 234 g/mol. The highest BCUT2D eigenvalue weighted by Crippen LogP contribution is 2.22. The predicted octanol–water partition coefficient (Wildman–Crippen LogP) is 1.95. The number of amides is 1. The topological polar surface area (TPSA) is 64.3 Å². The first-order chi connectivity index (χ1) is 8.20. The van der Waals surface area contributed by atoms with Crippen molar-refractivity contribution < 1.29 is 9.53 Å². The average Bonchev–Trinajstić information content (AvgIpc) is 2.81. The van der Waals surface area contributed by atoms with Crippen LogP contribution in [0.15, 0.2) is 18.2 Å². The molecule has 0 spiro atoms. The Bertz CT molecular complexity index is 412. The Kier molecular flexibility index (Phi) is 3.52. The molecule has 1 aliphatic rings. The Morgan fingerprint density at radius 1 is 1.41 bits per heavy atom. The second-order valence-corrected chi connectivity index (χ2v) is 4.41. The smallest absolute Gasteiger partial charge is 0.253 e. The Hall–Kier alpha value is -1.71. The summed E-state index contributed by atoms with van der Waals surface area (Å²) in [6.45, 7) is 0. The number of ether oxygens (including phenoxy) is 1. The normalized spacial score (nSPS) is 15.8. The minimum Gasteiger partial charge on any atom is -0.497 e. The third kappa shape index (κ3) is 2.70. The summed E-state index contributed by atoms with van der Waals surface area (Å²) >= 11 is 0. The van der Waals surface area contributed by atoms with Crippen molar-refractivity contribution in [2.24, 2.45) is 0 Å². The summed E-state index contributed by atoms with van der Waals surface area (Å²) < 4.78 is 5.05. The molecule has 4 nitrogen and oxygen atoms in total. The molecule has 1 aromatic rings. The van der Waals surface area contributed by atoms with Gasteiger partial charge in [-0.05, 0) is 25.0 Å². The van der Waals surface area contributed by atoms with Gasteiger partial charge in [-0.15, -0.1) is 0 Å². The minimum atomic E-state index is -0.0861. The number of hydrogen-bond acceptors (Lipinski definition) is 3. The van der Waals surface area contributed by atoms with Gasteiger partial charge < -0.3 is 15.8 Å². The summed E-state index contributed by atoms with van der Waals surface area (Å²) in [7, 11) is 1.58. The van der Waals surface area contributed by atoms with E-state index in [9.17, 15) is 4.79 Å². The molecule has 0 heterocycles. The molecule has 1 aliphatic carbocycles. The highest BCUT2D eigenvalue weighted by atomic mass is 16.5. The molecule has 1 saturated carbocycles. The summed E-state index contributed by atoms with van der Waals surface area (Å²) in [6.07, 6.45) is 4.54. The lowest BCUT2D eigenvalue weighted by Crippen LogP contribution is -2.33. The zero-order valence-corrected chi connectivity index (χ0v) is 10.0. The summed E-state index contributed by atoms with van der Waals surface area (Å²) in [5.74, 6) is 0.581. The third-order valence-corrected chi connectivity index (χ3v) is 3.19. The van der Waals surface area contributed by atoms with Gasteiger partial charge in [0.25, 0.3) is 5.91 Å². The van der Waals surface area contributed by atoms with Gasteiger partial charge in [0.2, 0.25) is 0 Å². The van der Waals surface area contributed by atoms with E-state index in [1.54, 1.807) is 25.3 Å². The lowest BCUT2D eigenvalue weighted by molar-refractivity contribution is 0.0939. The maximum atomic E-state index is 12.0. The number of carbonyl (C=O) groups excluding carboxylic acids is 1. The fourth-order valence-corrected chi connectivity index (χ4v) is 2.21. The molecular formula is C13H18N2O2. The van der Waals surface area contributed by atoms with Crippen LogP contribution in [-0.2, 0) is 0 Å². The number of nitrogen functional groups attached to an aromatic ring is 1. The van der Waals surface area contributed by atoms with Crippen molar-refractivity contribution in [3.8, 4) is 5.75 Å². The molecule has 0 atom stereocenters. The largest absolute Gasteiger partial charge is 0.497 e. The molecule has 3 N–H and O–H groups in total. The van der Waals surface area contributed by atoms with Crippen molar-refractivity contribution in [2.45, 2.75) is 31.7 Å². The Morgan fingerprint density at radius 3 is 2.71 bits per heavy atom. The molecule has 0 saturated heterocycles. The fourth-order valence-electron chi connectivity index (χ4n) is 2.21. The van der Waals surface area contributed by atoms with E-state index in [2.05, 4.69) is 5.32 Å². The quantitative estimate of drug-likeness (QED) is 0.786. The number of nitrogens with two attached hydrogens (primary N) is 1. The second kappa shape index (κ2) is 5.08. The standard InChI is InChI=1S/C13H18N2O2/c1-17-10-6-7-11(12(14)8-10)13(16)15-9-4-2-3-5-9/h6-9H,2-5,14H2,1H3,(H,15,16). The first-order valence-electron chi connectivity index (χ1n) is 5.95. The number of nitrogens with one attached hydrogen (secondary N) is 1. The Balaban J connectivity index is 2.07. The van der Waals surface area contributed by atoms with Gasteiger partial charge >= 0.3 is 0 Å². The van der Waals surface area contributed by atoms with E-state index in [1.807, 2.05) is 0 Å². The molecule has 4 heteroatoms. The zero-order valence-electron chi connectivity index (χ0n) is 10.0. The first-order valence-corrected chi connectivity index (χ1v) is 5.95. The lowest BCUT2D eigenvalue weighted by Gasteiger charge is -2.13. The van der Waals surface area contributed by atoms with Crippen molar-refractivity contribution in [2.75, 3.05) is 12.8 Å². The SMILES string of the molecule is COc1ccc(C(=O)NC2CCCC2)c(N)c1. The zero-order chi connectivity index (χ0) is 12.3. The number of benzene rings is 1. The van der Waals surface area contributed by atoms with Crippen molar-refractivity contribution in [1.82, 2.24) is 5.32 Å². The molecule has 2 rings (SSSR count). The third-order valence-electron chi connectivity index (χ3n) is 3.19. The molecule has 0 aromatic heterocycles. The van der Waals surface area contributed by atoms with Crippen LogP contribution in [0.1, 0.15) is 36.0 Å². The van der Waals surface area contributed by atoms with Crippen LogP contribution >= 0.6 is 0 Å². The monoisotopic (exact) mass is 234 g/mol. The van der Waals surface area contributed by atoms with Gasteiger partial charge in [-0.25, -0.2) is 0 Å². The van der Waals surface area contributed by atoms with Gasteiger partial charge in [0.15, 0.2) is 0 Å². The minimum absolute atomic E-state index is 0.0861. The number of hydrogen-bond donors (Lipinski definition) is 2. The molecule has 1 amide bonds. The van der Waals surface area contributed by atoms with Crippen LogP contribution in [0, 0.1) is 0 Å². The molecule has 0 unspecified atom stereocenters. The molecule has 1 fully saturated rings. The molecular weight excluding hydrogens is 216 g/mol. The Labute approximate surface area is 101 Å². The van der Waals surface area contributed by atoms with Crippen molar-refractivity contribution >= 4 is 11.6 Å². The molecule has 92 valence electrons. The van der Waals surface area contributed by atoms with Crippen molar-refractivity contribution in [1.29, 1.82) is 0 Å². The van der Waals surface area contributed by atoms with Gasteiger partial charge in [0.1, 0.15) is 5.75 Å². The van der Waals surface area contributed by atoms with Crippen LogP contribution in [0.25, 0.3) is 0 Å². The van der Waals surface area contributed by atoms with E-state index in [0.29, 0.717) is 23.0 Å². The molecule has 0 bridgehead atoms. The second-order valence-electron chi connectivity index (χ2n) is 4.41. The highest BCUT2D eigenvalue weighted by Gasteiger charge is 2.19. The van der Waals surface area contributed by atoms with E-state index in [4.69, 9.17) is 10.5 Å². The van der Waals surface area contributed by atoms with E-state index < -0.39 is 0 Å². The van der Waals surface area contributed by atoms with E-state index >= 15 is 0 Å². The van der Waals surface area contributed by atoms with E-state index in [1.165, 1.54) is 12.8 Å². The van der Waals surface area contributed by atoms with E-state index in [-0.39, 0.29) is 5.91 Å². The Morgan fingerprint density at radius 2 is 2.12 bits per heavy atom. The lowest BCUT2D eigenvalue weighted by atomic mass is 10.1. The number of methoxy groups -OCH3 is 1. The van der Waals surface area contributed by atoms with Gasteiger partial charge in [-0.2, -0.15) is 0 Å². The van der Waals surface area contributed by atoms with E-state index in [0.717, 1.165) is 12.8 Å². The molecule has 0 aliphatic heterocycles. The van der Waals surface area contributed by atoms with Crippen LogP contribution < -0.4 is 15.8 Å². The maximum absolute atomic E-state index is 12.0. The van der Waals surface area contributed by atoms with Crippen LogP contribution in [0.2, 0.25) is 0 Å². The number of anilines is 1. The van der Waals surface area contributed by atoms with Gasteiger partial charge in [0.05, 0.1) is 12.7 Å². The first kappa shape index (κ1) is 11.8. The van der Waals surface area contributed by atoms with Crippen LogP contribution in [0.4, 0.5) is 5.69 Å². The molecule has 17 heavy (non-hydrogen) atoms. The summed E-state index contributed by atoms with van der Waals surface area (Å²) in [5.41, 5.74) is 6.82. The van der Waals surface area contributed by atoms with Gasteiger partial charge in [-0.3, -0.25) is 4.79 Å². The van der Waals surface area contributed by atoms with Crippen LogP contribution in [-0.4, -0.2) is 19.1 Å². The van der Waals surface area contributed by atoms with Crippen LogP contribution in [0.5, 0.6) is 5.75 Å². The summed E-state index contributed by atoms with van der Waals surface area (Å²) in [5, 5.41) is 3.01. The molecule has 1 aromatic carbocycles. The number of rotatable bonds is 3. The van der Waals surface area contributed by atoms with Crippen LogP contribution in [0.3, 0.4) is 0 Å². The van der Waals surface area contributed by atoms with Gasteiger partial charge in [-0.1, -0.05) is 12.8 Å². The predicted molar refractivity (Wildman–Crippen MR) is 67.1 cm³/mol. The highest BCUT2D eigenvalue weighted by molar-refractivity contribution is 5.99.